The first kappa shape index (κ1) is 11.1. The van der Waals surface area contributed by atoms with E-state index >= 15 is 0 Å². The number of aryl methyl sites for hydroxylation is 2. The molecule has 0 bridgehead atoms. The molecule has 0 aliphatic rings. The molecule has 0 spiro atoms. The SMILES string of the molecule is CCc1cc(CC)c(O)c(CC)c1C. The number of phenols is 1. The van der Waals surface area contributed by atoms with Gasteiger partial charge >= 0.3 is 0 Å². The smallest absolute Gasteiger partial charge is 0.122 e. The highest BCUT2D eigenvalue weighted by atomic mass is 16.3. The van der Waals surface area contributed by atoms with Crippen molar-refractivity contribution in [2.75, 3.05) is 0 Å². The van der Waals surface area contributed by atoms with Gasteiger partial charge in [0.05, 0.1) is 0 Å². The molecule has 0 unspecified atom stereocenters. The van der Waals surface area contributed by atoms with Crippen LogP contribution in [0.15, 0.2) is 6.07 Å². The number of phenolic OH excluding ortho intramolecular Hbond substituents is 1. The van der Waals surface area contributed by atoms with Gasteiger partial charge in [-0.05, 0) is 48.4 Å². The van der Waals surface area contributed by atoms with E-state index in [1.54, 1.807) is 0 Å². The fourth-order valence-electron chi connectivity index (χ4n) is 2.02. The summed E-state index contributed by atoms with van der Waals surface area (Å²) in [6, 6.07) is 2.14. The maximum atomic E-state index is 9.99. The maximum Gasteiger partial charge on any atom is 0.122 e. The molecule has 0 fully saturated rings. The summed E-state index contributed by atoms with van der Waals surface area (Å²) in [6.07, 6.45) is 2.87. The average Bonchev–Trinajstić information content (AvgIpc) is 2.19. The molecule has 1 rings (SSSR count). The number of hydrogen-bond acceptors (Lipinski definition) is 1. The van der Waals surface area contributed by atoms with E-state index in [2.05, 4.69) is 33.8 Å². The summed E-state index contributed by atoms with van der Waals surface area (Å²) in [7, 11) is 0. The third-order valence-corrected chi connectivity index (χ3v) is 2.99. The quantitative estimate of drug-likeness (QED) is 0.778. The number of hydrogen-bond donors (Lipinski definition) is 1. The monoisotopic (exact) mass is 192 g/mol. The van der Waals surface area contributed by atoms with Crippen molar-refractivity contribution in [2.24, 2.45) is 0 Å². The van der Waals surface area contributed by atoms with Gasteiger partial charge < -0.3 is 5.11 Å². The van der Waals surface area contributed by atoms with Crippen molar-refractivity contribution >= 4 is 0 Å². The standard InChI is InChI=1S/C13H20O/c1-5-10-8-11(6-2)13(14)12(7-3)9(10)4/h8,14H,5-7H2,1-4H3. The van der Waals surface area contributed by atoms with Crippen LogP contribution >= 0.6 is 0 Å². The Hall–Kier alpha value is -0.980. The molecule has 0 saturated heterocycles. The lowest BCUT2D eigenvalue weighted by molar-refractivity contribution is 0.461. The summed E-state index contributed by atoms with van der Waals surface area (Å²) in [4.78, 5) is 0. The van der Waals surface area contributed by atoms with Gasteiger partial charge in [-0.25, -0.2) is 0 Å². The van der Waals surface area contributed by atoms with Crippen molar-refractivity contribution in [1.82, 2.24) is 0 Å². The highest BCUT2D eigenvalue weighted by molar-refractivity contribution is 5.49. The fraction of sp³-hybridized carbons (Fsp3) is 0.538. The van der Waals surface area contributed by atoms with Gasteiger partial charge in [-0.2, -0.15) is 0 Å². The Kier molecular flexibility index (Phi) is 3.56. The van der Waals surface area contributed by atoms with Crippen LogP contribution in [0.3, 0.4) is 0 Å². The molecule has 0 aromatic heterocycles. The number of aromatic hydroxyl groups is 1. The molecular formula is C13H20O. The lowest BCUT2D eigenvalue weighted by Crippen LogP contribution is -1.98. The van der Waals surface area contributed by atoms with E-state index in [9.17, 15) is 5.11 Å². The first-order valence-corrected chi connectivity index (χ1v) is 5.48. The van der Waals surface area contributed by atoms with Crippen LogP contribution in [0.2, 0.25) is 0 Å². The minimum Gasteiger partial charge on any atom is -0.507 e. The van der Waals surface area contributed by atoms with Gasteiger partial charge in [0.1, 0.15) is 5.75 Å². The van der Waals surface area contributed by atoms with Crippen LogP contribution in [0, 0.1) is 6.92 Å². The predicted octanol–water partition coefficient (Wildman–Crippen LogP) is 3.39. The van der Waals surface area contributed by atoms with Crippen molar-refractivity contribution in [3.8, 4) is 5.75 Å². The Morgan fingerprint density at radius 1 is 1.00 bits per heavy atom. The van der Waals surface area contributed by atoms with Crippen molar-refractivity contribution in [1.29, 1.82) is 0 Å². The molecule has 1 aromatic carbocycles. The van der Waals surface area contributed by atoms with Crippen LogP contribution in [0.5, 0.6) is 5.75 Å². The van der Waals surface area contributed by atoms with Gasteiger partial charge in [0.25, 0.3) is 0 Å². The Morgan fingerprint density at radius 3 is 2.00 bits per heavy atom. The van der Waals surface area contributed by atoms with E-state index in [0.717, 1.165) is 30.4 Å². The van der Waals surface area contributed by atoms with Gasteiger partial charge in [-0.3, -0.25) is 0 Å². The Labute approximate surface area is 86.8 Å². The average molecular weight is 192 g/mol. The Bertz CT molecular complexity index is 298. The zero-order valence-corrected chi connectivity index (χ0v) is 9.65. The second-order valence-electron chi connectivity index (χ2n) is 3.71. The highest BCUT2D eigenvalue weighted by Gasteiger charge is 2.11. The Morgan fingerprint density at radius 2 is 1.57 bits per heavy atom. The van der Waals surface area contributed by atoms with Crippen molar-refractivity contribution in [3.63, 3.8) is 0 Å². The minimum atomic E-state index is 0.518. The summed E-state index contributed by atoms with van der Waals surface area (Å²) in [5, 5.41) is 9.99. The number of rotatable bonds is 3. The normalized spacial score (nSPS) is 10.6. The third kappa shape index (κ3) is 1.77. The van der Waals surface area contributed by atoms with Crippen LogP contribution < -0.4 is 0 Å². The largest absolute Gasteiger partial charge is 0.507 e. The predicted molar refractivity (Wildman–Crippen MR) is 61.0 cm³/mol. The molecule has 0 heterocycles. The molecule has 14 heavy (non-hydrogen) atoms. The van der Waals surface area contributed by atoms with Gasteiger partial charge in [0, 0.05) is 0 Å². The van der Waals surface area contributed by atoms with Crippen LogP contribution in [0.4, 0.5) is 0 Å². The van der Waals surface area contributed by atoms with Gasteiger partial charge in [0.15, 0.2) is 0 Å². The van der Waals surface area contributed by atoms with Crippen molar-refractivity contribution < 1.29 is 5.11 Å². The van der Waals surface area contributed by atoms with Gasteiger partial charge in [-0.15, -0.1) is 0 Å². The van der Waals surface area contributed by atoms with Crippen LogP contribution in [0.25, 0.3) is 0 Å². The van der Waals surface area contributed by atoms with E-state index < -0.39 is 0 Å². The summed E-state index contributed by atoms with van der Waals surface area (Å²) < 4.78 is 0. The zero-order chi connectivity index (χ0) is 10.7. The van der Waals surface area contributed by atoms with Gasteiger partial charge in [-0.1, -0.05) is 26.8 Å². The molecule has 0 radical (unpaired) electrons. The summed E-state index contributed by atoms with van der Waals surface area (Å²) in [5.41, 5.74) is 4.85. The van der Waals surface area contributed by atoms with E-state index in [1.165, 1.54) is 11.1 Å². The molecule has 0 atom stereocenters. The number of benzene rings is 1. The molecule has 0 aliphatic heterocycles. The maximum absolute atomic E-state index is 9.99. The van der Waals surface area contributed by atoms with Crippen LogP contribution in [-0.4, -0.2) is 5.11 Å². The molecular weight excluding hydrogens is 172 g/mol. The first-order chi connectivity index (χ1) is 6.65. The second-order valence-corrected chi connectivity index (χ2v) is 3.71. The zero-order valence-electron chi connectivity index (χ0n) is 9.65. The summed E-state index contributed by atoms with van der Waals surface area (Å²) in [5.74, 6) is 0.518. The lowest BCUT2D eigenvalue weighted by Gasteiger charge is -2.14. The molecule has 0 saturated carbocycles. The van der Waals surface area contributed by atoms with Crippen molar-refractivity contribution in [3.05, 3.63) is 28.3 Å². The second kappa shape index (κ2) is 4.50. The molecule has 0 amide bonds. The fourth-order valence-corrected chi connectivity index (χ4v) is 2.02. The van der Waals surface area contributed by atoms with E-state index in [0.29, 0.717) is 5.75 Å². The minimum absolute atomic E-state index is 0.518. The summed E-state index contributed by atoms with van der Waals surface area (Å²) in [6.45, 7) is 8.46. The third-order valence-electron chi connectivity index (χ3n) is 2.99. The molecule has 1 nitrogen and oxygen atoms in total. The first-order valence-electron chi connectivity index (χ1n) is 5.48. The topological polar surface area (TPSA) is 20.2 Å². The van der Waals surface area contributed by atoms with E-state index in [-0.39, 0.29) is 0 Å². The van der Waals surface area contributed by atoms with E-state index in [4.69, 9.17) is 0 Å². The lowest BCUT2D eigenvalue weighted by atomic mass is 9.93. The molecule has 1 aromatic rings. The molecule has 78 valence electrons. The van der Waals surface area contributed by atoms with Crippen molar-refractivity contribution in [2.45, 2.75) is 47.0 Å². The highest BCUT2D eigenvalue weighted by Crippen LogP contribution is 2.29. The summed E-state index contributed by atoms with van der Waals surface area (Å²) >= 11 is 0. The van der Waals surface area contributed by atoms with Gasteiger partial charge in [0.2, 0.25) is 0 Å². The Balaban J connectivity index is 3.39. The van der Waals surface area contributed by atoms with Crippen LogP contribution in [0.1, 0.15) is 43.0 Å². The van der Waals surface area contributed by atoms with E-state index in [1.807, 2.05) is 0 Å². The molecule has 1 N–H and O–H groups in total. The van der Waals surface area contributed by atoms with Crippen LogP contribution in [-0.2, 0) is 19.3 Å². The molecule has 0 aliphatic carbocycles. The molecule has 1 heteroatoms.